The third-order valence-electron chi connectivity index (χ3n) is 5.11. The number of nitrogens with zero attached hydrogens (tertiary/aromatic N) is 1. The van der Waals surface area contributed by atoms with Gasteiger partial charge in [-0.25, -0.2) is 4.39 Å². The van der Waals surface area contributed by atoms with Crippen LogP contribution in [0.5, 0.6) is 5.75 Å². The standard InChI is InChI=1S/C25H24FNO3/c26-23-9-6-19(7-10-23)15-25(28)27-12-13-30-24-11-8-21(14-22(24)16-27)18-29-17-20-4-2-1-3-5-20/h1-11,14H,12-13,15-18H2. The Morgan fingerprint density at radius 3 is 2.47 bits per heavy atom. The number of rotatable bonds is 6. The molecule has 0 radical (unpaired) electrons. The van der Waals surface area contributed by atoms with Crippen LogP contribution in [0.15, 0.2) is 72.8 Å². The molecule has 1 amide bonds. The lowest BCUT2D eigenvalue weighted by molar-refractivity contribution is -0.131. The molecule has 0 aromatic heterocycles. The number of ether oxygens (including phenoxy) is 2. The number of hydrogen-bond acceptors (Lipinski definition) is 3. The minimum Gasteiger partial charge on any atom is -0.491 e. The van der Waals surface area contributed by atoms with Crippen molar-refractivity contribution in [1.29, 1.82) is 0 Å². The summed E-state index contributed by atoms with van der Waals surface area (Å²) in [6, 6.07) is 22.1. The van der Waals surface area contributed by atoms with Gasteiger partial charge in [-0.2, -0.15) is 0 Å². The molecule has 30 heavy (non-hydrogen) atoms. The monoisotopic (exact) mass is 405 g/mol. The van der Waals surface area contributed by atoms with Crippen molar-refractivity contribution < 1.29 is 18.7 Å². The van der Waals surface area contributed by atoms with Gasteiger partial charge in [-0.15, -0.1) is 0 Å². The molecule has 0 saturated carbocycles. The van der Waals surface area contributed by atoms with E-state index in [1.807, 2.05) is 48.5 Å². The third kappa shape index (κ3) is 5.24. The van der Waals surface area contributed by atoms with Crippen molar-refractivity contribution in [3.63, 3.8) is 0 Å². The van der Waals surface area contributed by atoms with Crippen molar-refractivity contribution in [3.05, 3.63) is 101 Å². The van der Waals surface area contributed by atoms with E-state index < -0.39 is 0 Å². The van der Waals surface area contributed by atoms with Crippen LogP contribution in [0.4, 0.5) is 4.39 Å². The lowest BCUT2D eigenvalue weighted by Gasteiger charge is -2.20. The molecule has 4 nitrogen and oxygen atoms in total. The zero-order valence-corrected chi connectivity index (χ0v) is 16.7. The molecule has 1 aliphatic rings. The second-order valence-corrected chi connectivity index (χ2v) is 7.39. The fraction of sp³-hybridized carbons (Fsp3) is 0.240. The fourth-order valence-electron chi connectivity index (χ4n) is 3.50. The first kappa shape index (κ1) is 20.1. The summed E-state index contributed by atoms with van der Waals surface area (Å²) >= 11 is 0. The van der Waals surface area contributed by atoms with Crippen LogP contribution in [0.25, 0.3) is 0 Å². The van der Waals surface area contributed by atoms with Crippen molar-refractivity contribution in [3.8, 4) is 5.75 Å². The average molecular weight is 405 g/mol. The smallest absolute Gasteiger partial charge is 0.227 e. The fourth-order valence-corrected chi connectivity index (χ4v) is 3.50. The Morgan fingerprint density at radius 1 is 0.933 bits per heavy atom. The highest BCUT2D eigenvalue weighted by molar-refractivity contribution is 5.79. The molecule has 0 unspecified atom stereocenters. The summed E-state index contributed by atoms with van der Waals surface area (Å²) in [4.78, 5) is 14.6. The highest BCUT2D eigenvalue weighted by Gasteiger charge is 2.20. The van der Waals surface area contributed by atoms with Gasteiger partial charge >= 0.3 is 0 Å². The Balaban J connectivity index is 1.39. The van der Waals surface area contributed by atoms with Crippen LogP contribution < -0.4 is 4.74 Å². The van der Waals surface area contributed by atoms with E-state index in [0.717, 1.165) is 28.0 Å². The second-order valence-electron chi connectivity index (χ2n) is 7.39. The number of fused-ring (bicyclic) bond motifs is 1. The Kier molecular flexibility index (Phi) is 6.40. The number of halogens is 1. The van der Waals surface area contributed by atoms with Crippen molar-refractivity contribution >= 4 is 5.91 Å². The van der Waals surface area contributed by atoms with Crippen molar-refractivity contribution in [2.24, 2.45) is 0 Å². The molecule has 3 aromatic rings. The highest BCUT2D eigenvalue weighted by Crippen LogP contribution is 2.25. The van der Waals surface area contributed by atoms with Gasteiger partial charge in [0.25, 0.3) is 0 Å². The Morgan fingerprint density at radius 2 is 1.67 bits per heavy atom. The van der Waals surface area contributed by atoms with Gasteiger partial charge in [0, 0.05) is 12.1 Å². The molecule has 3 aromatic carbocycles. The molecule has 0 spiro atoms. The van der Waals surface area contributed by atoms with Crippen LogP contribution in [0.2, 0.25) is 0 Å². The molecule has 1 heterocycles. The van der Waals surface area contributed by atoms with Crippen LogP contribution >= 0.6 is 0 Å². The summed E-state index contributed by atoms with van der Waals surface area (Å²) in [5, 5.41) is 0. The maximum atomic E-state index is 13.1. The van der Waals surface area contributed by atoms with E-state index >= 15 is 0 Å². The normalized spacial score (nSPS) is 13.3. The van der Waals surface area contributed by atoms with Crippen molar-refractivity contribution in [1.82, 2.24) is 4.90 Å². The molecule has 0 saturated heterocycles. The predicted molar refractivity (Wildman–Crippen MR) is 112 cm³/mol. The summed E-state index contributed by atoms with van der Waals surface area (Å²) in [7, 11) is 0. The second kappa shape index (κ2) is 9.55. The van der Waals surface area contributed by atoms with Crippen LogP contribution in [0.1, 0.15) is 22.3 Å². The number of amides is 1. The van der Waals surface area contributed by atoms with Gasteiger partial charge in [-0.3, -0.25) is 4.79 Å². The minimum atomic E-state index is -0.301. The van der Waals surface area contributed by atoms with E-state index in [0.29, 0.717) is 32.9 Å². The molecule has 0 bridgehead atoms. The molecule has 0 fully saturated rings. The van der Waals surface area contributed by atoms with Crippen molar-refractivity contribution in [2.45, 2.75) is 26.2 Å². The molecule has 0 atom stereocenters. The highest BCUT2D eigenvalue weighted by atomic mass is 19.1. The van der Waals surface area contributed by atoms with Gasteiger partial charge < -0.3 is 14.4 Å². The lowest BCUT2D eigenvalue weighted by Crippen LogP contribution is -2.33. The van der Waals surface area contributed by atoms with Crippen LogP contribution in [0.3, 0.4) is 0 Å². The lowest BCUT2D eigenvalue weighted by atomic mass is 10.1. The van der Waals surface area contributed by atoms with Gasteiger partial charge in [-0.05, 0) is 41.0 Å². The van der Waals surface area contributed by atoms with E-state index in [-0.39, 0.29) is 18.1 Å². The Bertz CT molecular complexity index is 989. The van der Waals surface area contributed by atoms with Crippen molar-refractivity contribution in [2.75, 3.05) is 13.2 Å². The van der Waals surface area contributed by atoms with Gasteiger partial charge in [0.2, 0.25) is 5.91 Å². The quantitative estimate of drug-likeness (QED) is 0.606. The molecule has 4 rings (SSSR count). The first-order valence-electron chi connectivity index (χ1n) is 10.1. The zero-order valence-electron chi connectivity index (χ0n) is 16.7. The molecule has 154 valence electrons. The number of carbonyl (C=O) groups excluding carboxylic acids is 1. The number of benzene rings is 3. The first-order chi connectivity index (χ1) is 14.7. The summed E-state index contributed by atoms with van der Waals surface area (Å²) in [6.45, 7) is 2.50. The van der Waals surface area contributed by atoms with Crippen LogP contribution in [0, 0.1) is 5.82 Å². The first-order valence-corrected chi connectivity index (χ1v) is 10.1. The Labute approximate surface area is 175 Å². The Hall–Kier alpha value is -3.18. The van der Waals surface area contributed by atoms with E-state index in [2.05, 4.69) is 0 Å². The number of carbonyl (C=O) groups is 1. The maximum Gasteiger partial charge on any atom is 0.227 e. The summed E-state index contributed by atoms with van der Waals surface area (Å²) in [5.74, 6) is 0.507. The molecular weight excluding hydrogens is 381 g/mol. The topological polar surface area (TPSA) is 38.8 Å². The largest absolute Gasteiger partial charge is 0.491 e. The zero-order chi connectivity index (χ0) is 20.8. The van der Waals surface area contributed by atoms with E-state index in [9.17, 15) is 9.18 Å². The summed E-state index contributed by atoms with van der Waals surface area (Å²) < 4.78 is 24.8. The summed E-state index contributed by atoms with van der Waals surface area (Å²) in [6.07, 6.45) is 0.246. The van der Waals surface area contributed by atoms with E-state index in [1.165, 1.54) is 12.1 Å². The van der Waals surface area contributed by atoms with Gasteiger partial charge in [-0.1, -0.05) is 48.5 Å². The van der Waals surface area contributed by atoms with Gasteiger partial charge in [0.1, 0.15) is 18.2 Å². The maximum absolute atomic E-state index is 13.1. The van der Waals surface area contributed by atoms with Crippen LogP contribution in [-0.4, -0.2) is 24.0 Å². The van der Waals surface area contributed by atoms with E-state index in [4.69, 9.17) is 9.47 Å². The average Bonchev–Trinajstić information content (AvgIpc) is 2.98. The number of hydrogen-bond donors (Lipinski definition) is 0. The SMILES string of the molecule is O=C(Cc1ccc(F)cc1)N1CCOc2ccc(COCc3ccccc3)cc2C1. The minimum absolute atomic E-state index is 0.00351. The van der Waals surface area contributed by atoms with Gasteiger partial charge in [0.05, 0.1) is 26.2 Å². The van der Waals surface area contributed by atoms with Crippen LogP contribution in [-0.2, 0) is 35.7 Å². The molecular formula is C25H24FNO3. The summed E-state index contributed by atoms with van der Waals surface area (Å²) in [5.41, 5.74) is 3.95. The molecule has 0 N–H and O–H groups in total. The molecule has 1 aliphatic heterocycles. The predicted octanol–water partition coefficient (Wildman–Crippen LogP) is 4.51. The van der Waals surface area contributed by atoms with Gasteiger partial charge in [0.15, 0.2) is 0 Å². The molecule has 0 aliphatic carbocycles. The molecule has 5 heteroatoms. The van der Waals surface area contributed by atoms with E-state index in [1.54, 1.807) is 17.0 Å². The third-order valence-corrected chi connectivity index (χ3v) is 5.11.